The highest BCUT2D eigenvalue weighted by Crippen LogP contribution is 2.15. The Kier molecular flexibility index (Phi) is 90.4. The third-order valence-corrected chi connectivity index (χ3v) is 8.80. The minimum atomic E-state index is 0.500. The Morgan fingerprint density at radius 3 is 0.278 bits per heavy atom. The first-order valence-corrected chi connectivity index (χ1v) is 26.6. The summed E-state index contributed by atoms with van der Waals surface area (Å²) in [5.74, 6) is 3.95. The van der Waals surface area contributed by atoms with E-state index in [1.54, 1.807) is 0 Å². The lowest BCUT2D eigenvalue weighted by atomic mass is 10.0. The van der Waals surface area contributed by atoms with Gasteiger partial charge in [0.2, 0.25) is 0 Å². The van der Waals surface area contributed by atoms with Crippen molar-refractivity contribution in [2.75, 3.05) is 28.7 Å². The van der Waals surface area contributed by atoms with Crippen molar-refractivity contribution in [3.05, 3.63) is 215 Å². The highest BCUT2D eigenvalue weighted by molar-refractivity contribution is 5.21. The topological polar surface area (TPSA) is 0 Å². The molecule has 0 radical (unpaired) electrons. The van der Waals surface area contributed by atoms with Crippen LogP contribution in [-0.4, -0.2) is 28.7 Å². The van der Waals surface area contributed by atoms with Crippen LogP contribution in [0.5, 0.6) is 0 Å². The molecule has 0 fully saturated rings. The molecule has 0 saturated heterocycles. The van der Waals surface area contributed by atoms with Gasteiger partial charge in [-0.2, -0.15) is 0 Å². The minimum Gasteiger partial charge on any atom is -0.255 e. The minimum absolute atomic E-state index is 0.500. The van der Waals surface area contributed by atoms with Crippen LogP contribution in [0.4, 0.5) is 17.6 Å². The molecule has 0 bridgehead atoms. The number of benzene rings is 6. The molecule has 0 atom stereocenters. The van der Waals surface area contributed by atoms with Gasteiger partial charge in [-0.3, -0.25) is 17.6 Å². The Labute approximate surface area is 447 Å². The molecule has 0 unspecified atom stereocenters. The summed E-state index contributed by atoms with van der Waals surface area (Å²) in [6.07, 6.45) is 0. The van der Waals surface area contributed by atoms with Gasteiger partial charge in [0, 0.05) is 0 Å². The summed E-state index contributed by atoms with van der Waals surface area (Å²) in [5, 5.41) is 0. The van der Waals surface area contributed by atoms with Crippen LogP contribution in [0.15, 0.2) is 182 Å². The molecule has 0 aliphatic heterocycles. The van der Waals surface area contributed by atoms with Gasteiger partial charge in [-0.25, -0.2) is 0 Å². The zero-order valence-electron chi connectivity index (χ0n) is 51.3. The molecule has 414 valence electrons. The third-order valence-electron chi connectivity index (χ3n) is 8.80. The van der Waals surface area contributed by atoms with Crippen molar-refractivity contribution in [1.82, 2.24) is 0 Å². The van der Waals surface area contributed by atoms with Gasteiger partial charge in [-0.05, 0) is 68.9 Å². The fourth-order valence-electron chi connectivity index (χ4n) is 5.03. The van der Waals surface area contributed by atoms with Gasteiger partial charge in [0.05, 0.1) is 28.7 Å². The molecule has 0 amide bonds. The number of hydrogen-bond acceptors (Lipinski definition) is 0. The molecule has 6 aromatic carbocycles. The molecular formula is C68H114F4. The van der Waals surface area contributed by atoms with Crippen molar-refractivity contribution < 1.29 is 17.6 Å². The van der Waals surface area contributed by atoms with Crippen molar-refractivity contribution in [3.8, 4) is 0 Å². The third kappa shape index (κ3) is 59.3. The maximum atomic E-state index is 9.50. The highest BCUT2D eigenvalue weighted by Gasteiger charge is 1.97. The molecule has 0 spiro atoms. The highest BCUT2D eigenvalue weighted by atomic mass is 19.1. The van der Waals surface area contributed by atoms with Crippen molar-refractivity contribution in [3.63, 3.8) is 0 Å². The van der Waals surface area contributed by atoms with Gasteiger partial charge in [-0.15, -0.1) is 0 Å². The van der Waals surface area contributed by atoms with Crippen LogP contribution in [0, 0.1) is 0 Å². The van der Waals surface area contributed by atoms with Gasteiger partial charge in [0.15, 0.2) is 0 Å². The second-order valence-electron chi connectivity index (χ2n) is 15.4. The Bertz CT molecular complexity index is 1340. The molecule has 6 rings (SSSR count). The van der Waals surface area contributed by atoms with E-state index in [1.165, 1.54) is 33.4 Å². The van der Waals surface area contributed by atoms with Crippen LogP contribution in [0.25, 0.3) is 0 Å². The van der Waals surface area contributed by atoms with Crippen molar-refractivity contribution in [1.29, 1.82) is 0 Å². The van der Waals surface area contributed by atoms with E-state index in [4.69, 9.17) is 0 Å². The second-order valence-corrected chi connectivity index (χ2v) is 15.4. The predicted octanol–water partition coefficient (Wildman–Crippen LogP) is 24.3. The van der Waals surface area contributed by atoms with Crippen LogP contribution in [0.1, 0.15) is 221 Å². The average Bonchev–Trinajstić information content (AvgIpc) is 3.48. The maximum absolute atomic E-state index is 9.50. The second kappa shape index (κ2) is 75.0. The van der Waals surface area contributed by atoms with Crippen LogP contribution in [0.3, 0.4) is 0 Å². The smallest absolute Gasteiger partial charge is 0.0785 e. The van der Waals surface area contributed by atoms with E-state index in [0.29, 0.717) is 64.2 Å². The average molecular weight is 1010 g/mol. The van der Waals surface area contributed by atoms with E-state index in [9.17, 15) is 17.6 Å². The molecule has 0 nitrogen and oxygen atoms in total. The molecular weight excluding hydrogens is 893 g/mol. The summed E-state index contributed by atoms with van der Waals surface area (Å²) in [4.78, 5) is 0. The van der Waals surface area contributed by atoms with Gasteiger partial charge >= 0.3 is 0 Å². The molecule has 0 saturated carbocycles. The lowest BCUT2D eigenvalue weighted by Gasteiger charge is -2.01. The van der Waals surface area contributed by atoms with Gasteiger partial charge < -0.3 is 0 Å². The van der Waals surface area contributed by atoms with E-state index in [1.807, 2.05) is 106 Å². The van der Waals surface area contributed by atoms with Gasteiger partial charge in [0.25, 0.3) is 0 Å². The molecule has 0 heterocycles. The van der Waals surface area contributed by atoms with Gasteiger partial charge in [-0.1, -0.05) is 334 Å². The van der Waals surface area contributed by atoms with Gasteiger partial charge in [0.1, 0.15) is 0 Å². The zero-order chi connectivity index (χ0) is 58.1. The van der Waals surface area contributed by atoms with E-state index < -0.39 is 0 Å². The summed E-state index contributed by atoms with van der Waals surface area (Å²) in [6.45, 7) is 46.4. The Morgan fingerprint density at radius 2 is 0.236 bits per heavy atom. The summed E-state index contributed by atoms with van der Waals surface area (Å²) >= 11 is 0. The molecule has 0 aliphatic carbocycles. The lowest BCUT2D eigenvalue weighted by Crippen LogP contribution is -1.83. The number of halogens is 4. The van der Waals surface area contributed by atoms with Crippen molar-refractivity contribution in [2.45, 2.75) is 188 Å². The molecule has 72 heavy (non-hydrogen) atoms. The SMILES string of the molecule is CC.CC.CC.CC.CC.CC(C)c1ccccc1.CC(C)c1ccccc1.CC(C)c1ccccc1.CC(C)c1ccccc1.CC(C)c1ccccc1.CC(C)c1ccccc1.CF.CF.CF.CF. The van der Waals surface area contributed by atoms with Crippen molar-refractivity contribution in [2.24, 2.45) is 0 Å². The molecule has 4 heteroatoms. The quantitative estimate of drug-likeness (QED) is 0.146. The predicted molar refractivity (Wildman–Crippen MR) is 328 cm³/mol. The number of hydrogen-bond donors (Lipinski definition) is 0. The first-order valence-electron chi connectivity index (χ1n) is 26.6. The number of rotatable bonds is 6. The van der Waals surface area contributed by atoms with Crippen LogP contribution >= 0.6 is 0 Å². The van der Waals surface area contributed by atoms with E-state index >= 15 is 0 Å². The molecule has 0 aromatic heterocycles. The van der Waals surface area contributed by atoms with E-state index in [0.717, 1.165) is 0 Å². The van der Waals surface area contributed by atoms with E-state index in [2.05, 4.69) is 229 Å². The fraction of sp³-hybridized carbons (Fsp3) is 0.471. The summed E-state index contributed by atoms with van der Waals surface area (Å²) < 4.78 is 38.0. The summed E-state index contributed by atoms with van der Waals surface area (Å²) in [6, 6.07) is 63.1. The number of alkyl halides is 4. The Morgan fingerprint density at radius 1 is 0.167 bits per heavy atom. The largest absolute Gasteiger partial charge is 0.255 e. The van der Waals surface area contributed by atoms with E-state index in [-0.39, 0.29) is 0 Å². The van der Waals surface area contributed by atoms with Crippen LogP contribution < -0.4 is 0 Å². The maximum Gasteiger partial charge on any atom is 0.0785 e. The first kappa shape index (κ1) is 86.8. The molecule has 6 aromatic rings. The molecule has 0 N–H and O–H groups in total. The first-order chi connectivity index (χ1) is 34.8. The zero-order valence-corrected chi connectivity index (χ0v) is 51.3. The Hall–Kier alpha value is -4.96. The Balaban J connectivity index is -0.0000000887. The summed E-state index contributed by atoms with van der Waals surface area (Å²) in [5.41, 5.74) is 8.49. The normalized spacial score (nSPS) is 8.33. The fourth-order valence-corrected chi connectivity index (χ4v) is 5.03. The lowest BCUT2D eigenvalue weighted by molar-refractivity contribution is 0.635. The molecule has 0 aliphatic rings. The van der Waals surface area contributed by atoms with Crippen LogP contribution in [0.2, 0.25) is 0 Å². The van der Waals surface area contributed by atoms with Crippen molar-refractivity contribution >= 4 is 0 Å². The standard InChI is InChI=1S/6C9H12.5C2H6.4CH3F/c6*1-8(2)9-6-4-3-5-7-9;9*1-2/h6*3-8H,1-2H3;5*1-2H3;4*1H3. The monoisotopic (exact) mass is 1010 g/mol. The summed E-state index contributed by atoms with van der Waals surface area (Å²) in [7, 11) is 2.00. The van der Waals surface area contributed by atoms with Crippen LogP contribution in [-0.2, 0) is 0 Å².